The van der Waals surface area contributed by atoms with Gasteiger partial charge >= 0.3 is 0 Å². The van der Waals surface area contributed by atoms with Gasteiger partial charge in [0.15, 0.2) is 17.0 Å². The van der Waals surface area contributed by atoms with Crippen LogP contribution in [0.1, 0.15) is 36.8 Å². The van der Waals surface area contributed by atoms with E-state index in [0.717, 1.165) is 12.8 Å². The molecule has 5 rings (SSSR count). The van der Waals surface area contributed by atoms with Crippen LogP contribution >= 0.6 is 11.6 Å². The van der Waals surface area contributed by atoms with Gasteiger partial charge in [0, 0.05) is 28.8 Å². The molecule has 2 aromatic carbocycles. The van der Waals surface area contributed by atoms with Crippen LogP contribution in [-0.2, 0) is 10.3 Å². The van der Waals surface area contributed by atoms with Crippen molar-refractivity contribution < 1.29 is 19.2 Å². The highest BCUT2D eigenvalue weighted by atomic mass is 35.5. The van der Waals surface area contributed by atoms with Crippen molar-refractivity contribution in [1.82, 2.24) is 4.90 Å². The minimum atomic E-state index is -1.37. The van der Waals surface area contributed by atoms with E-state index >= 15 is 0 Å². The molecule has 3 aliphatic rings. The van der Waals surface area contributed by atoms with Crippen LogP contribution in [0.15, 0.2) is 49.1 Å². The van der Waals surface area contributed by atoms with E-state index in [-0.39, 0.29) is 23.5 Å². The van der Waals surface area contributed by atoms with Crippen molar-refractivity contribution in [2.45, 2.75) is 43.3 Å². The number of benzene rings is 2. The van der Waals surface area contributed by atoms with E-state index < -0.39 is 17.5 Å². The number of hydrogen-bond acceptors (Lipinski definition) is 6. The molecule has 0 bridgehead atoms. The van der Waals surface area contributed by atoms with Crippen molar-refractivity contribution in [3.8, 4) is 11.5 Å². The molecule has 178 valence electrons. The van der Waals surface area contributed by atoms with Gasteiger partial charge in [-0.2, -0.15) is 0 Å². The highest BCUT2D eigenvalue weighted by Gasteiger charge is 2.73. The van der Waals surface area contributed by atoms with E-state index in [0.29, 0.717) is 46.5 Å². The minimum Gasteiger partial charge on any atom is -0.490 e. The summed E-state index contributed by atoms with van der Waals surface area (Å²) < 4.78 is 11.5. The molecular weight excluding hydrogens is 458 g/mol. The second kappa shape index (κ2) is 8.60. The van der Waals surface area contributed by atoms with Crippen molar-refractivity contribution in [1.29, 1.82) is 0 Å². The lowest BCUT2D eigenvalue weighted by Gasteiger charge is -2.32. The first-order valence-corrected chi connectivity index (χ1v) is 11.8. The predicted octanol–water partition coefficient (Wildman–Crippen LogP) is 4.36. The molecular formula is C25H26ClN3O5. The molecule has 2 fully saturated rings. The van der Waals surface area contributed by atoms with Crippen LogP contribution in [0, 0.1) is 10.1 Å². The van der Waals surface area contributed by atoms with E-state index in [2.05, 4.69) is 11.9 Å². The topological polar surface area (TPSA) is 93.9 Å². The number of anilines is 1. The number of amides is 1. The van der Waals surface area contributed by atoms with Crippen LogP contribution in [0.2, 0.25) is 5.02 Å². The predicted molar refractivity (Wildman–Crippen MR) is 128 cm³/mol. The fourth-order valence-electron chi connectivity index (χ4n) is 6.10. The molecule has 3 aliphatic heterocycles. The van der Waals surface area contributed by atoms with Crippen LogP contribution in [0.25, 0.3) is 0 Å². The largest absolute Gasteiger partial charge is 0.490 e. The molecule has 2 saturated heterocycles. The van der Waals surface area contributed by atoms with Gasteiger partial charge in [-0.05, 0) is 43.5 Å². The number of nitrogens with one attached hydrogen (secondary N) is 1. The SMILES string of the molecule is C=CCOc1c(Cl)cc([C@@H]2[C@@H]3CCCN3[C@@]3(C(=O)Nc4ccccc43)[C@@H]2[N+](=O)[O-])cc1OCC. The maximum absolute atomic E-state index is 13.6. The van der Waals surface area contributed by atoms with Gasteiger partial charge in [-0.3, -0.25) is 19.8 Å². The highest BCUT2D eigenvalue weighted by Crippen LogP contribution is 2.58. The standard InChI is InChI=1S/C25H26ClN3O5/c1-3-12-34-22-17(26)13-15(14-20(22)33-4-2)21-19-10-7-11-28(19)25(23(21)29(31)32)16-8-5-6-9-18(16)27-24(25)30/h3,5-6,8-9,13-14,19,21,23H,1,4,7,10-12H2,2H3,(H,27,30)/t19-,21+,23+,25+/m0/s1. The van der Waals surface area contributed by atoms with Gasteiger partial charge in [0.05, 0.1) is 17.5 Å². The van der Waals surface area contributed by atoms with E-state index in [9.17, 15) is 14.9 Å². The Hall–Kier alpha value is -3.10. The molecule has 2 aromatic rings. The molecule has 3 heterocycles. The maximum Gasteiger partial charge on any atom is 0.256 e. The van der Waals surface area contributed by atoms with Gasteiger partial charge in [0.1, 0.15) is 6.61 Å². The number of carbonyl (C=O) groups excluding carboxylic acids is 1. The molecule has 0 radical (unpaired) electrons. The fourth-order valence-corrected chi connectivity index (χ4v) is 6.37. The Morgan fingerprint density at radius 2 is 2.15 bits per heavy atom. The molecule has 4 atom stereocenters. The van der Waals surface area contributed by atoms with E-state index in [1.807, 2.05) is 30.0 Å². The average Bonchev–Trinajstić information content (AvgIpc) is 3.46. The molecule has 0 unspecified atom stereocenters. The van der Waals surface area contributed by atoms with Gasteiger partial charge in [-0.25, -0.2) is 0 Å². The molecule has 1 N–H and O–H groups in total. The number of nitrogens with zero attached hydrogens (tertiary/aromatic N) is 2. The number of rotatable bonds is 7. The number of hydrogen-bond donors (Lipinski definition) is 1. The van der Waals surface area contributed by atoms with Gasteiger partial charge in [-0.1, -0.05) is 42.5 Å². The summed E-state index contributed by atoms with van der Waals surface area (Å²) in [5.41, 5.74) is 0.597. The lowest BCUT2D eigenvalue weighted by atomic mass is 9.77. The van der Waals surface area contributed by atoms with E-state index in [1.165, 1.54) is 0 Å². The summed E-state index contributed by atoms with van der Waals surface area (Å²) in [4.78, 5) is 28.1. The molecule has 1 amide bonds. The Morgan fingerprint density at radius 3 is 2.88 bits per heavy atom. The first kappa shape index (κ1) is 22.7. The third kappa shape index (κ3) is 3.12. The summed E-state index contributed by atoms with van der Waals surface area (Å²) in [6, 6.07) is 9.40. The molecule has 9 heteroatoms. The van der Waals surface area contributed by atoms with Crippen LogP contribution in [0.5, 0.6) is 11.5 Å². The first-order valence-electron chi connectivity index (χ1n) is 11.5. The normalized spacial score (nSPS) is 27.4. The minimum absolute atomic E-state index is 0.183. The third-order valence-electron chi connectivity index (χ3n) is 7.16. The number of nitro groups is 1. The molecule has 0 aliphatic carbocycles. The van der Waals surface area contributed by atoms with Crippen molar-refractivity contribution in [2.75, 3.05) is 25.1 Å². The summed E-state index contributed by atoms with van der Waals surface area (Å²) >= 11 is 6.61. The van der Waals surface area contributed by atoms with Gasteiger partial charge in [0.2, 0.25) is 0 Å². The van der Waals surface area contributed by atoms with Gasteiger partial charge in [0.25, 0.3) is 11.9 Å². The quantitative estimate of drug-likeness (QED) is 0.357. The zero-order chi connectivity index (χ0) is 24.0. The highest BCUT2D eigenvalue weighted by molar-refractivity contribution is 6.32. The summed E-state index contributed by atoms with van der Waals surface area (Å²) in [7, 11) is 0. The van der Waals surface area contributed by atoms with Crippen LogP contribution in [-0.4, -0.2) is 47.6 Å². The van der Waals surface area contributed by atoms with E-state index in [4.69, 9.17) is 21.1 Å². The maximum atomic E-state index is 13.6. The second-order valence-corrected chi connectivity index (χ2v) is 9.19. The smallest absolute Gasteiger partial charge is 0.256 e. The summed E-state index contributed by atoms with van der Waals surface area (Å²) in [5.74, 6) is -0.0908. The Morgan fingerprint density at radius 1 is 1.35 bits per heavy atom. The lowest BCUT2D eigenvalue weighted by molar-refractivity contribution is -0.534. The first-order chi connectivity index (χ1) is 16.4. The molecule has 1 spiro atoms. The van der Waals surface area contributed by atoms with Gasteiger partial charge in [-0.15, -0.1) is 0 Å². The number of ether oxygens (including phenoxy) is 2. The summed E-state index contributed by atoms with van der Waals surface area (Å²) in [6.07, 6.45) is 3.22. The van der Waals surface area contributed by atoms with Crippen LogP contribution < -0.4 is 14.8 Å². The third-order valence-corrected chi connectivity index (χ3v) is 7.44. The summed E-state index contributed by atoms with van der Waals surface area (Å²) in [6.45, 7) is 6.75. The molecule has 8 nitrogen and oxygen atoms in total. The zero-order valence-corrected chi connectivity index (χ0v) is 19.6. The van der Waals surface area contributed by atoms with Crippen molar-refractivity contribution >= 4 is 23.2 Å². The van der Waals surface area contributed by atoms with Crippen LogP contribution in [0.3, 0.4) is 0 Å². The molecule has 0 aromatic heterocycles. The number of para-hydroxylation sites is 1. The Kier molecular flexibility index (Phi) is 5.73. The van der Waals surface area contributed by atoms with Crippen molar-refractivity contribution in [2.24, 2.45) is 0 Å². The monoisotopic (exact) mass is 483 g/mol. The Balaban J connectivity index is 1.69. The van der Waals surface area contributed by atoms with Gasteiger partial charge < -0.3 is 14.8 Å². The van der Waals surface area contributed by atoms with Crippen LogP contribution in [0.4, 0.5) is 5.69 Å². The van der Waals surface area contributed by atoms with Crippen molar-refractivity contribution in [3.05, 3.63) is 75.3 Å². The van der Waals surface area contributed by atoms with E-state index in [1.54, 1.807) is 24.3 Å². The lowest BCUT2D eigenvalue weighted by Crippen LogP contribution is -2.55. The number of carbonyl (C=O) groups is 1. The summed E-state index contributed by atoms with van der Waals surface area (Å²) in [5, 5.41) is 16.0. The zero-order valence-electron chi connectivity index (χ0n) is 18.8. The molecule has 34 heavy (non-hydrogen) atoms. The van der Waals surface area contributed by atoms with Crippen molar-refractivity contribution in [3.63, 3.8) is 0 Å². The second-order valence-electron chi connectivity index (χ2n) is 8.79. The average molecular weight is 484 g/mol. The Bertz CT molecular complexity index is 1170. The number of fused-ring (bicyclic) bond motifs is 4. The molecule has 0 saturated carbocycles. The number of halogens is 1. The Labute approximate surface area is 202 Å². The fraction of sp³-hybridized carbons (Fsp3) is 0.400.